The van der Waals surface area contributed by atoms with Crippen LogP contribution in [0, 0.1) is 0 Å². The van der Waals surface area contributed by atoms with Crippen LogP contribution < -0.4 is 10.2 Å². The molecule has 18 heavy (non-hydrogen) atoms. The molecule has 1 aromatic carbocycles. The Bertz CT molecular complexity index is 439. The number of carbonyl (C=O) groups is 1. The second-order valence-corrected chi connectivity index (χ2v) is 5.00. The van der Waals surface area contributed by atoms with Gasteiger partial charge in [-0.05, 0) is 31.5 Å². The van der Waals surface area contributed by atoms with Crippen molar-refractivity contribution in [2.75, 3.05) is 18.1 Å². The molecule has 5 heteroatoms. The minimum absolute atomic E-state index is 0.107. The molecule has 1 aliphatic rings. The Morgan fingerprint density at radius 3 is 3.00 bits per heavy atom. The van der Waals surface area contributed by atoms with E-state index in [1.54, 1.807) is 17.0 Å². The predicted octanol–water partition coefficient (Wildman–Crippen LogP) is 1.42. The number of anilines is 1. The Morgan fingerprint density at radius 1 is 1.56 bits per heavy atom. The molecule has 4 nitrogen and oxygen atoms in total. The van der Waals surface area contributed by atoms with Crippen molar-refractivity contribution in [3.63, 3.8) is 0 Å². The summed E-state index contributed by atoms with van der Waals surface area (Å²) in [5.74, 6) is -0.107. The van der Waals surface area contributed by atoms with Crippen molar-refractivity contribution in [2.24, 2.45) is 0 Å². The molecule has 2 N–H and O–H groups in total. The van der Waals surface area contributed by atoms with Gasteiger partial charge in [0.1, 0.15) is 6.04 Å². The zero-order valence-electron chi connectivity index (χ0n) is 10.3. The Labute approximate surface area is 112 Å². The Morgan fingerprint density at radius 2 is 2.33 bits per heavy atom. The van der Waals surface area contributed by atoms with Crippen LogP contribution in [-0.4, -0.2) is 36.2 Å². The van der Waals surface area contributed by atoms with E-state index in [-0.39, 0.29) is 18.6 Å². The van der Waals surface area contributed by atoms with Gasteiger partial charge in [-0.1, -0.05) is 17.7 Å². The van der Waals surface area contributed by atoms with Crippen LogP contribution in [0.5, 0.6) is 0 Å². The highest BCUT2D eigenvalue weighted by atomic mass is 35.5. The topological polar surface area (TPSA) is 52.6 Å². The Kier molecular flexibility index (Phi) is 4.22. The fourth-order valence-electron chi connectivity index (χ4n) is 2.15. The van der Waals surface area contributed by atoms with E-state index < -0.39 is 6.04 Å². The first-order valence-corrected chi connectivity index (χ1v) is 6.43. The van der Waals surface area contributed by atoms with E-state index in [4.69, 9.17) is 11.6 Å². The number of halogens is 1. The van der Waals surface area contributed by atoms with Crippen LogP contribution in [-0.2, 0) is 4.79 Å². The molecule has 1 fully saturated rings. The SMILES string of the molecule is CC1CCN(c2cccc(Cl)c2)C(=O)C(CO)N1. The second-order valence-electron chi connectivity index (χ2n) is 4.56. The summed E-state index contributed by atoms with van der Waals surface area (Å²) in [4.78, 5) is 14.0. The lowest BCUT2D eigenvalue weighted by Gasteiger charge is -2.23. The average molecular weight is 269 g/mol. The molecule has 1 amide bonds. The maximum absolute atomic E-state index is 12.3. The summed E-state index contributed by atoms with van der Waals surface area (Å²) < 4.78 is 0. The minimum Gasteiger partial charge on any atom is -0.394 e. The van der Waals surface area contributed by atoms with Crippen molar-refractivity contribution in [3.05, 3.63) is 29.3 Å². The first-order valence-electron chi connectivity index (χ1n) is 6.05. The van der Waals surface area contributed by atoms with Gasteiger partial charge in [-0.25, -0.2) is 0 Å². The number of hydrogen-bond donors (Lipinski definition) is 2. The predicted molar refractivity (Wildman–Crippen MR) is 71.9 cm³/mol. The van der Waals surface area contributed by atoms with Crippen molar-refractivity contribution in [1.82, 2.24) is 5.32 Å². The summed E-state index contributed by atoms with van der Waals surface area (Å²) in [5.41, 5.74) is 0.779. The number of nitrogens with zero attached hydrogens (tertiary/aromatic N) is 1. The maximum Gasteiger partial charge on any atom is 0.246 e. The van der Waals surface area contributed by atoms with E-state index >= 15 is 0 Å². The Balaban J connectivity index is 2.28. The third-order valence-electron chi connectivity index (χ3n) is 3.14. The Hall–Kier alpha value is -1.10. The number of carbonyl (C=O) groups excluding carboxylic acids is 1. The smallest absolute Gasteiger partial charge is 0.246 e. The van der Waals surface area contributed by atoms with Crippen LogP contribution in [0.3, 0.4) is 0 Å². The van der Waals surface area contributed by atoms with E-state index in [2.05, 4.69) is 5.32 Å². The third-order valence-corrected chi connectivity index (χ3v) is 3.37. The molecular formula is C13H17ClN2O2. The molecule has 0 bridgehead atoms. The second kappa shape index (κ2) is 5.69. The summed E-state index contributed by atoms with van der Waals surface area (Å²) in [6.07, 6.45) is 0.842. The summed E-state index contributed by atoms with van der Waals surface area (Å²) >= 11 is 5.95. The monoisotopic (exact) mass is 268 g/mol. The van der Waals surface area contributed by atoms with E-state index in [0.29, 0.717) is 11.6 Å². The lowest BCUT2D eigenvalue weighted by Crippen LogP contribution is -2.47. The summed E-state index contributed by atoms with van der Waals surface area (Å²) in [6, 6.07) is 6.88. The van der Waals surface area contributed by atoms with Crippen LogP contribution in [0.2, 0.25) is 5.02 Å². The van der Waals surface area contributed by atoms with E-state index in [0.717, 1.165) is 12.1 Å². The molecule has 1 aromatic rings. The number of amides is 1. The molecular weight excluding hydrogens is 252 g/mol. The van der Waals surface area contributed by atoms with Crippen LogP contribution in [0.15, 0.2) is 24.3 Å². The fraction of sp³-hybridized carbons (Fsp3) is 0.462. The van der Waals surface area contributed by atoms with Gasteiger partial charge in [0.2, 0.25) is 5.91 Å². The molecule has 1 aliphatic heterocycles. The van der Waals surface area contributed by atoms with Gasteiger partial charge < -0.3 is 15.3 Å². The molecule has 1 saturated heterocycles. The normalized spacial score (nSPS) is 25.1. The number of benzene rings is 1. The first-order chi connectivity index (χ1) is 8.61. The van der Waals surface area contributed by atoms with Crippen molar-refractivity contribution < 1.29 is 9.90 Å². The van der Waals surface area contributed by atoms with Crippen LogP contribution in [0.1, 0.15) is 13.3 Å². The van der Waals surface area contributed by atoms with Crippen molar-refractivity contribution in [3.8, 4) is 0 Å². The molecule has 0 aromatic heterocycles. The number of nitrogens with one attached hydrogen (secondary N) is 1. The molecule has 0 radical (unpaired) electrons. The van der Waals surface area contributed by atoms with E-state index in [1.807, 2.05) is 19.1 Å². The quantitative estimate of drug-likeness (QED) is 0.853. The molecule has 2 rings (SSSR count). The lowest BCUT2D eigenvalue weighted by molar-refractivity contribution is -0.121. The molecule has 98 valence electrons. The van der Waals surface area contributed by atoms with Crippen LogP contribution in [0.25, 0.3) is 0 Å². The van der Waals surface area contributed by atoms with Gasteiger partial charge in [-0.15, -0.1) is 0 Å². The first kappa shape index (κ1) is 13.3. The van der Waals surface area contributed by atoms with Crippen LogP contribution in [0.4, 0.5) is 5.69 Å². The highest BCUT2D eigenvalue weighted by Crippen LogP contribution is 2.22. The zero-order valence-corrected chi connectivity index (χ0v) is 11.0. The zero-order chi connectivity index (χ0) is 13.1. The molecule has 0 saturated carbocycles. The van der Waals surface area contributed by atoms with Crippen molar-refractivity contribution in [1.29, 1.82) is 0 Å². The molecule has 2 atom stereocenters. The maximum atomic E-state index is 12.3. The van der Waals surface area contributed by atoms with Gasteiger partial charge >= 0.3 is 0 Å². The molecule has 1 heterocycles. The van der Waals surface area contributed by atoms with Gasteiger partial charge in [0, 0.05) is 23.3 Å². The number of rotatable bonds is 2. The number of aliphatic hydroxyl groups excluding tert-OH is 1. The minimum atomic E-state index is -0.540. The van der Waals surface area contributed by atoms with E-state index in [9.17, 15) is 9.90 Å². The van der Waals surface area contributed by atoms with Crippen molar-refractivity contribution in [2.45, 2.75) is 25.4 Å². The van der Waals surface area contributed by atoms with E-state index in [1.165, 1.54) is 0 Å². The highest BCUT2D eigenvalue weighted by Gasteiger charge is 2.29. The van der Waals surface area contributed by atoms with Crippen molar-refractivity contribution >= 4 is 23.2 Å². The average Bonchev–Trinajstić information content (AvgIpc) is 2.49. The standard InChI is InChI=1S/C13H17ClN2O2/c1-9-5-6-16(13(18)12(8-17)15-9)11-4-2-3-10(14)7-11/h2-4,7,9,12,15,17H,5-6,8H2,1H3. The largest absolute Gasteiger partial charge is 0.394 e. The summed E-state index contributed by atoms with van der Waals surface area (Å²) in [6.45, 7) is 2.45. The van der Waals surface area contributed by atoms with Gasteiger partial charge in [0.15, 0.2) is 0 Å². The summed E-state index contributed by atoms with van der Waals surface area (Å²) in [5, 5.41) is 13.0. The van der Waals surface area contributed by atoms with Crippen LogP contribution >= 0.6 is 11.6 Å². The lowest BCUT2D eigenvalue weighted by atomic mass is 10.2. The summed E-state index contributed by atoms with van der Waals surface area (Å²) in [7, 11) is 0. The van der Waals surface area contributed by atoms with Gasteiger partial charge in [0.25, 0.3) is 0 Å². The molecule has 2 unspecified atom stereocenters. The number of aliphatic hydroxyl groups is 1. The van der Waals surface area contributed by atoms with Gasteiger partial charge in [-0.3, -0.25) is 4.79 Å². The fourth-order valence-corrected chi connectivity index (χ4v) is 2.33. The number of hydrogen-bond acceptors (Lipinski definition) is 3. The molecule has 0 aliphatic carbocycles. The third kappa shape index (κ3) is 2.83. The van der Waals surface area contributed by atoms with Gasteiger partial charge in [0.05, 0.1) is 6.61 Å². The highest BCUT2D eigenvalue weighted by molar-refractivity contribution is 6.30. The van der Waals surface area contributed by atoms with Gasteiger partial charge in [-0.2, -0.15) is 0 Å². The molecule has 0 spiro atoms.